The first kappa shape index (κ1) is 34.7. The largest absolute Gasteiger partial charge is 0.405 e. The zero-order valence-corrected chi connectivity index (χ0v) is 27.6. The Morgan fingerprint density at radius 1 is 0.740 bits per heavy atom. The van der Waals surface area contributed by atoms with Crippen molar-refractivity contribution in [1.82, 2.24) is 15.5 Å². The smallest absolute Gasteiger partial charge is 0.349 e. The highest BCUT2D eigenvalue weighted by Crippen LogP contribution is 2.51. The number of hydrogen-bond donors (Lipinski definition) is 4. The van der Waals surface area contributed by atoms with Gasteiger partial charge in [0.25, 0.3) is 5.91 Å². The van der Waals surface area contributed by atoms with Crippen molar-refractivity contribution >= 4 is 29.2 Å². The molecular weight excluding hydrogens is 643 g/mol. The molecule has 8 nitrogen and oxygen atoms in total. The highest BCUT2D eigenvalue weighted by molar-refractivity contribution is 6.06. The molecule has 1 aliphatic carbocycles. The number of piperidine rings is 1. The van der Waals surface area contributed by atoms with Crippen LogP contribution in [0.1, 0.15) is 53.6 Å². The van der Waals surface area contributed by atoms with E-state index < -0.39 is 30.1 Å². The van der Waals surface area contributed by atoms with Gasteiger partial charge in [-0.25, -0.2) is 4.79 Å². The SMILES string of the molecule is O=C(Nc1ccccc1)Nc1ccccc1C(=O)NC1CCN(CCCCC2(C(=O)NCC(F)(F)F)c3ccccc3-c3ccccc32)CC1. The van der Waals surface area contributed by atoms with Crippen LogP contribution >= 0.6 is 0 Å². The first-order valence-electron chi connectivity index (χ1n) is 16.9. The number of benzene rings is 4. The van der Waals surface area contributed by atoms with Gasteiger partial charge < -0.3 is 26.2 Å². The topological polar surface area (TPSA) is 103 Å². The number of anilines is 2. The number of amides is 4. The molecule has 2 aliphatic rings. The molecule has 0 atom stereocenters. The van der Waals surface area contributed by atoms with Crippen molar-refractivity contribution in [2.75, 3.05) is 36.8 Å². The summed E-state index contributed by atoms with van der Waals surface area (Å²) in [5.74, 6) is -0.886. The van der Waals surface area contributed by atoms with Gasteiger partial charge in [-0.2, -0.15) is 13.2 Å². The molecule has 1 fully saturated rings. The molecule has 1 saturated heterocycles. The summed E-state index contributed by atoms with van der Waals surface area (Å²) >= 11 is 0. The lowest BCUT2D eigenvalue weighted by Crippen LogP contribution is -2.47. The average molecular weight is 684 g/mol. The normalized spacial score (nSPS) is 15.4. The molecule has 0 bridgehead atoms. The number of fused-ring (bicyclic) bond motifs is 3. The third-order valence-corrected chi connectivity index (χ3v) is 9.55. The number of rotatable bonds is 11. The zero-order valence-electron chi connectivity index (χ0n) is 27.6. The van der Waals surface area contributed by atoms with E-state index in [0.29, 0.717) is 29.8 Å². The molecule has 0 spiro atoms. The summed E-state index contributed by atoms with van der Waals surface area (Å²) in [6, 6.07) is 30.4. The Balaban J connectivity index is 1.02. The minimum absolute atomic E-state index is 0.0305. The van der Waals surface area contributed by atoms with Gasteiger partial charge in [0, 0.05) is 24.8 Å². The van der Waals surface area contributed by atoms with E-state index in [4.69, 9.17) is 0 Å². The predicted molar refractivity (Wildman–Crippen MR) is 188 cm³/mol. The van der Waals surface area contributed by atoms with Gasteiger partial charge in [-0.1, -0.05) is 85.3 Å². The van der Waals surface area contributed by atoms with Gasteiger partial charge >= 0.3 is 12.2 Å². The van der Waals surface area contributed by atoms with Gasteiger partial charge in [-0.05, 0) is 78.7 Å². The predicted octanol–water partition coefficient (Wildman–Crippen LogP) is 7.34. The van der Waals surface area contributed by atoms with E-state index in [1.807, 2.05) is 66.7 Å². The summed E-state index contributed by atoms with van der Waals surface area (Å²) in [4.78, 5) is 41.9. The minimum atomic E-state index is -4.51. The number of nitrogens with zero attached hydrogens (tertiary/aromatic N) is 1. The second kappa shape index (κ2) is 15.2. The average Bonchev–Trinajstić information content (AvgIpc) is 3.40. The van der Waals surface area contributed by atoms with Crippen LogP contribution in [-0.2, 0) is 10.2 Å². The quantitative estimate of drug-likeness (QED) is 0.124. The zero-order chi connectivity index (χ0) is 35.1. The van der Waals surface area contributed by atoms with E-state index in [1.54, 1.807) is 36.4 Å². The van der Waals surface area contributed by atoms with Crippen LogP contribution in [0.5, 0.6) is 0 Å². The summed E-state index contributed by atoms with van der Waals surface area (Å²) < 4.78 is 39.6. The van der Waals surface area contributed by atoms with Crippen molar-refractivity contribution < 1.29 is 27.6 Å². The van der Waals surface area contributed by atoms with Crippen LogP contribution in [0.25, 0.3) is 11.1 Å². The van der Waals surface area contributed by atoms with E-state index >= 15 is 0 Å². The molecule has 4 amide bonds. The molecule has 0 unspecified atom stereocenters. The standard InChI is InChI=1S/C39H40F3N5O3/c40-39(41,42)26-43-36(49)38(32-17-7-4-14-29(32)30-15-5-8-18-33(30)38)22-10-11-23-47-24-20-28(21-25-47)44-35(48)31-16-6-9-19-34(31)46-37(50)45-27-12-2-1-3-13-27/h1-9,12-19,28H,10-11,20-26H2,(H,43,49)(H,44,48)(H2,45,46,50). The third-order valence-electron chi connectivity index (χ3n) is 9.55. The lowest BCUT2D eigenvalue weighted by Gasteiger charge is -2.33. The number of likely N-dealkylation sites (tertiary alicyclic amines) is 1. The number of nitrogens with one attached hydrogen (secondary N) is 4. The fraction of sp³-hybridized carbons (Fsp3) is 0.308. The Morgan fingerprint density at radius 3 is 2.00 bits per heavy atom. The number of halogens is 3. The number of carbonyl (C=O) groups is 3. The second-order valence-electron chi connectivity index (χ2n) is 12.8. The lowest BCUT2D eigenvalue weighted by molar-refractivity contribution is -0.141. The van der Waals surface area contributed by atoms with Crippen molar-refractivity contribution in [2.45, 2.75) is 49.7 Å². The van der Waals surface area contributed by atoms with E-state index in [0.717, 1.165) is 61.2 Å². The molecule has 4 N–H and O–H groups in total. The highest BCUT2D eigenvalue weighted by Gasteiger charge is 2.49. The van der Waals surface area contributed by atoms with Crippen LogP contribution in [0, 0.1) is 0 Å². The number of para-hydroxylation sites is 2. The van der Waals surface area contributed by atoms with Crippen LogP contribution in [0.2, 0.25) is 0 Å². The van der Waals surface area contributed by atoms with Crippen molar-refractivity contribution in [1.29, 1.82) is 0 Å². The summed E-state index contributed by atoms with van der Waals surface area (Å²) in [5.41, 5.74) is 3.46. The number of alkyl halides is 3. The summed E-state index contributed by atoms with van der Waals surface area (Å²) in [6.45, 7) is 0.934. The molecule has 0 radical (unpaired) electrons. The van der Waals surface area contributed by atoms with Gasteiger partial charge in [0.05, 0.1) is 11.3 Å². The van der Waals surface area contributed by atoms with Crippen LogP contribution in [-0.4, -0.2) is 61.1 Å². The number of hydrogen-bond acceptors (Lipinski definition) is 4. The minimum Gasteiger partial charge on any atom is -0.349 e. The summed E-state index contributed by atoms with van der Waals surface area (Å²) in [5, 5.41) is 10.9. The molecule has 260 valence electrons. The van der Waals surface area contributed by atoms with Crippen LogP contribution in [0.4, 0.5) is 29.3 Å². The van der Waals surface area contributed by atoms with Crippen LogP contribution in [0.3, 0.4) is 0 Å². The maximum Gasteiger partial charge on any atom is 0.405 e. The fourth-order valence-electron chi connectivity index (χ4n) is 7.17. The molecular formula is C39H40F3N5O3. The van der Waals surface area contributed by atoms with Gasteiger partial charge in [-0.3, -0.25) is 9.59 Å². The second-order valence-corrected chi connectivity index (χ2v) is 12.8. The first-order valence-corrected chi connectivity index (χ1v) is 16.9. The molecule has 1 aliphatic heterocycles. The Morgan fingerprint density at radius 2 is 1.34 bits per heavy atom. The van der Waals surface area contributed by atoms with Crippen molar-refractivity contribution in [3.05, 3.63) is 120 Å². The fourth-order valence-corrected chi connectivity index (χ4v) is 7.17. The molecule has 50 heavy (non-hydrogen) atoms. The number of urea groups is 1. The van der Waals surface area contributed by atoms with Gasteiger partial charge in [0.15, 0.2) is 0 Å². The molecule has 4 aromatic carbocycles. The van der Waals surface area contributed by atoms with Gasteiger partial charge in [0.2, 0.25) is 5.91 Å². The van der Waals surface area contributed by atoms with E-state index in [9.17, 15) is 27.6 Å². The molecule has 4 aromatic rings. The number of carbonyl (C=O) groups excluding carboxylic acids is 3. The van der Waals surface area contributed by atoms with Crippen molar-refractivity contribution in [3.8, 4) is 11.1 Å². The molecule has 0 aromatic heterocycles. The Hall–Kier alpha value is -5.16. The lowest BCUT2D eigenvalue weighted by atomic mass is 9.73. The van der Waals surface area contributed by atoms with E-state index in [2.05, 4.69) is 26.2 Å². The first-order chi connectivity index (χ1) is 24.1. The molecule has 1 heterocycles. The monoisotopic (exact) mass is 683 g/mol. The molecule has 11 heteroatoms. The van der Waals surface area contributed by atoms with E-state index in [1.165, 1.54) is 0 Å². The third kappa shape index (κ3) is 7.83. The van der Waals surface area contributed by atoms with Gasteiger partial charge in [-0.15, -0.1) is 0 Å². The Kier molecular flexibility index (Phi) is 10.5. The number of unbranched alkanes of at least 4 members (excludes halogenated alkanes) is 1. The summed E-state index contributed by atoms with van der Waals surface area (Å²) in [6.07, 6.45) is -1.23. The molecule has 6 rings (SSSR count). The maximum absolute atomic E-state index is 13.7. The Bertz CT molecular complexity index is 1780. The highest BCUT2D eigenvalue weighted by atomic mass is 19.4. The maximum atomic E-state index is 13.7. The van der Waals surface area contributed by atoms with Gasteiger partial charge in [0.1, 0.15) is 12.0 Å². The summed E-state index contributed by atoms with van der Waals surface area (Å²) in [7, 11) is 0. The van der Waals surface area contributed by atoms with Crippen LogP contribution < -0.4 is 21.3 Å². The molecule has 0 saturated carbocycles. The Labute approximate surface area is 289 Å². The van der Waals surface area contributed by atoms with Crippen LogP contribution in [0.15, 0.2) is 103 Å². The van der Waals surface area contributed by atoms with Crippen molar-refractivity contribution in [2.24, 2.45) is 0 Å². The van der Waals surface area contributed by atoms with E-state index in [-0.39, 0.29) is 11.9 Å². The van der Waals surface area contributed by atoms with Crippen molar-refractivity contribution in [3.63, 3.8) is 0 Å².